The molecule has 1 aliphatic heterocycles. The number of carbonyl (C=O) groups is 1. The fourth-order valence-electron chi connectivity index (χ4n) is 2.73. The first-order valence-corrected chi connectivity index (χ1v) is 8.03. The summed E-state index contributed by atoms with van der Waals surface area (Å²) in [6.45, 7) is 4.55. The quantitative estimate of drug-likeness (QED) is 0.911. The summed E-state index contributed by atoms with van der Waals surface area (Å²) >= 11 is 0. The third-order valence-corrected chi connectivity index (χ3v) is 4.01. The number of rotatable bonds is 4. The number of anilines is 2. The number of nitrogens with one attached hydrogen (secondary N) is 2. The van der Waals surface area contributed by atoms with Crippen LogP contribution < -0.4 is 15.5 Å². The Labute approximate surface area is 136 Å². The topological polar surface area (TPSA) is 57.3 Å². The molecule has 23 heavy (non-hydrogen) atoms. The average molecular weight is 310 g/mol. The van der Waals surface area contributed by atoms with E-state index in [9.17, 15) is 4.79 Å². The first-order chi connectivity index (χ1) is 11.2. The summed E-state index contributed by atoms with van der Waals surface area (Å²) in [4.78, 5) is 18.8. The predicted molar refractivity (Wildman–Crippen MR) is 92.7 cm³/mol. The molecular formula is C18H22N4O. The van der Waals surface area contributed by atoms with Gasteiger partial charge in [0.1, 0.15) is 0 Å². The highest BCUT2D eigenvalue weighted by Gasteiger charge is 2.17. The third-order valence-electron chi connectivity index (χ3n) is 4.01. The molecule has 3 rings (SSSR count). The molecule has 2 heterocycles. The molecule has 2 amide bonds. The Bertz CT molecular complexity index is 663. The van der Waals surface area contributed by atoms with E-state index in [1.165, 1.54) is 18.4 Å². The molecule has 1 saturated heterocycles. The minimum atomic E-state index is -0.209. The smallest absolute Gasteiger partial charge is 0.319 e. The Morgan fingerprint density at radius 3 is 2.65 bits per heavy atom. The molecule has 1 aliphatic rings. The molecule has 1 aromatic carbocycles. The lowest BCUT2D eigenvalue weighted by Crippen LogP contribution is -2.29. The Morgan fingerprint density at radius 2 is 1.91 bits per heavy atom. The molecule has 0 radical (unpaired) electrons. The van der Waals surface area contributed by atoms with E-state index < -0.39 is 0 Å². The van der Waals surface area contributed by atoms with Crippen molar-refractivity contribution < 1.29 is 4.79 Å². The van der Waals surface area contributed by atoms with Gasteiger partial charge in [-0.1, -0.05) is 29.8 Å². The second kappa shape index (κ2) is 7.13. The Morgan fingerprint density at radius 1 is 1.17 bits per heavy atom. The molecule has 0 atom stereocenters. The number of hydrogen-bond acceptors (Lipinski definition) is 3. The van der Waals surface area contributed by atoms with Crippen LogP contribution in [0.2, 0.25) is 0 Å². The Hall–Kier alpha value is -2.56. The average Bonchev–Trinajstić information content (AvgIpc) is 3.09. The molecule has 0 unspecified atom stereocenters. The molecule has 120 valence electrons. The monoisotopic (exact) mass is 310 g/mol. The number of urea groups is 1. The van der Waals surface area contributed by atoms with Crippen molar-refractivity contribution in [1.82, 2.24) is 10.3 Å². The van der Waals surface area contributed by atoms with Crippen molar-refractivity contribution in [3.05, 3.63) is 53.7 Å². The molecule has 0 aliphatic carbocycles. The summed E-state index contributed by atoms with van der Waals surface area (Å²) in [5.41, 5.74) is 3.05. The molecule has 0 spiro atoms. The number of hydrogen-bond donors (Lipinski definition) is 2. The lowest BCUT2D eigenvalue weighted by molar-refractivity contribution is 0.251. The second-order valence-electron chi connectivity index (χ2n) is 5.86. The van der Waals surface area contributed by atoms with E-state index in [1.54, 1.807) is 6.20 Å². The fourth-order valence-corrected chi connectivity index (χ4v) is 2.73. The normalized spacial score (nSPS) is 13.9. The van der Waals surface area contributed by atoms with Crippen LogP contribution in [-0.4, -0.2) is 24.1 Å². The van der Waals surface area contributed by atoms with Gasteiger partial charge in [0.05, 0.1) is 5.69 Å². The van der Waals surface area contributed by atoms with Crippen LogP contribution in [0.25, 0.3) is 0 Å². The van der Waals surface area contributed by atoms with Gasteiger partial charge in [-0.3, -0.25) is 0 Å². The summed E-state index contributed by atoms with van der Waals surface area (Å²) in [5.74, 6) is 0.857. The van der Waals surface area contributed by atoms with Gasteiger partial charge in [0.15, 0.2) is 5.82 Å². The van der Waals surface area contributed by atoms with E-state index >= 15 is 0 Å². The van der Waals surface area contributed by atoms with Gasteiger partial charge in [-0.05, 0) is 37.5 Å². The van der Waals surface area contributed by atoms with Gasteiger partial charge in [-0.2, -0.15) is 0 Å². The maximum Gasteiger partial charge on any atom is 0.319 e. The third kappa shape index (κ3) is 4.00. The van der Waals surface area contributed by atoms with Crippen molar-refractivity contribution in [3.8, 4) is 0 Å². The molecule has 2 aromatic rings. The summed E-state index contributed by atoms with van der Waals surface area (Å²) in [6.07, 6.45) is 4.12. The van der Waals surface area contributed by atoms with Gasteiger partial charge < -0.3 is 15.5 Å². The van der Waals surface area contributed by atoms with Gasteiger partial charge in [0.25, 0.3) is 0 Å². The van der Waals surface area contributed by atoms with Crippen molar-refractivity contribution in [2.45, 2.75) is 26.3 Å². The van der Waals surface area contributed by atoms with Crippen molar-refractivity contribution in [3.63, 3.8) is 0 Å². The minimum absolute atomic E-state index is 0.209. The first kappa shape index (κ1) is 15.3. The Balaban J connectivity index is 1.60. The van der Waals surface area contributed by atoms with Gasteiger partial charge in [-0.25, -0.2) is 9.78 Å². The maximum absolute atomic E-state index is 12.2. The van der Waals surface area contributed by atoms with Gasteiger partial charge in [-0.15, -0.1) is 0 Å². The van der Waals surface area contributed by atoms with Crippen LogP contribution >= 0.6 is 0 Å². The van der Waals surface area contributed by atoms with E-state index in [0.717, 1.165) is 30.2 Å². The van der Waals surface area contributed by atoms with Crippen molar-refractivity contribution in [2.24, 2.45) is 0 Å². The fraction of sp³-hybridized carbons (Fsp3) is 0.333. The number of amides is 2. The van der Waals surface area contributed by atoms with Crippen LogP contribution in [-0.2, 0) is 6.54 Å². The number of pyridine rings is 1. The zero-order valence-electron chi connectivity index (χ0n) is 13.4. The van der Waals surface area contributed by atoms with E-state index in [4.69, 9.17) is 0 Å². The number of aryl methyl sites for hydroxylation is 1. The minimum Gasteiger partial charge on any atom is -0.355 e. The zero-order chi connectivity index (χ0) is 16.1. The molecule has 0 saturated carbocycles. The molecule has 2 N–H and O–H groups in total. The highest BCUT2D eigenvalue weighted by Crippen LogP contribution is 2.25. The van der Waals surface area contributed by atoms with E-state index in [-0.39, 0.29) is 6.03 Å². The zero-order valence-corrected chi connectivity index (χ0v) is 13.4. The highest BCUT2D eigenvalue weighted by atomic mass is 16.2. The molecule has 5 heteroatoms. The molecule has 1 fully saturated rings. The van der Waals surface area contributed by atoms with E-state index in [0.29, 0.717) is 6.54 Å². The molecule has 0 bridgehead atoms. The van der Waals surface area contributed by atoms with Gasteiger partial charge in [0, 0.05) is 25.8 Å². The summed E-state index contributed by atoms with van der Waals surface area (Å²) in [5, 5.41) is 5.80. The van der Waals surface area contributed by atoms with Crippen molar-refractivity contribution in [1.29, 1.82) is 0 Å². The standard InChI is InChI=1S/C18H22N4O/c1-14-6-8-15(9-7-14)13-20-18(23)21-16-5-4-10-19-17(16)22-11-2-3-12-22/h4-10H,2-3,11-13H2,1H3,(H2,20,21,23). The van der Waals surface area contributed by atoms with Crippen LogP contribution in [0.1, 0.15) is 24.0 Å². The van der Waals surface area contributed by atoms with Crippen LogP contribution in [0.4, 0.5) is 16.3 Å². The van der Waals surface area contributed by atoms with Crippen LogP contribution in [0.15, 0.2) is 42.6 Å². The number of carbonyl (C=O) groups excluding carboxylic acids is 1. The summed E-state index contributed by atoms with van der Waals surface area (Å²) < 4.78 is 0. The Kier molecular flexibility index (Phi) is 4.76. The van der Waals surface area contributed by atoms with Crippen LogP contribution in [0.3, 0.4) is 0 Å². The number of aromatic nitrogens is 1. The van der Waals surface area contributed by atoms with Crippen LogP contribution in [0, 0.1) is 6.92 Å². The molecule has 1 aromatic heterocycles. The summed E-state index contributed by atoms with van der Waals surface area (Å²) in [6, 6.07) is 11.7. The highest BCUT2D eigenvalue weighted by molar-refractivity contribution is 5.92. The largest absolute Gasteiger partial charge is 0.355 e. The predicted octanol–water partition coefficient (Wildman–Crippen LogP) is 3.31. The van der Waals surface area contributed by atoms with Crippen LogP contribution in [0.5, 0.6) is 0 Å². The number of benzene rings is 1. The molecular weight excluding hydrogens is 288 g/mol. The van der Waals surface area contributed by atoms with Gasteiger partial charge >= 0.3 is 6.03 Å². The SMILES string of the molecule is Cc1ccc(CNC(=O)Nc2cccnc2N2CCCC2)cc1. The van der Waals surface area contributed by atoms with Crippen molar-refractivity contribution >= 4 is 17.5 Å². The maximum atomic E-state index is 12.2. The number of nitrogens with zero attached hydrogens (tertiary/aromatic N) is 2. The lowest BCUT2D eigenvalue weighted by atomic mass is 10.1. The van der Waals surface area contributed by atoms with E-state index in [2.05, 4.69) is 20.5 Å². The van der Waals surface area contributed by atoms with Gasteiger partial charge in [0.2, 0.25) is 0 Å². The van der Waals surface area contributed by atoms with Crippen molar-refractivity contribution in [2.75, 3.05) is 23.3 Å². The lowest BCUT2D eigenvalue weighted by Gasteiger charge is -2.20. The first-order valence-electron chi connectivity index (χ1n) is 8.03. The molecule has 5 nitrogen and oxygen atoms in total. The van der Waals surface area contributed by atoms with E-state index in [1.807, 2.05) is 43.3 Å². The summed E-state index contributed by atoms with van der Waals surface area (Å²) in [7, 11) is 0. The second-order valence-corrected chi connectivity index (χ2v) is 5.86.